The summed E-state index contributed by atoms with van der Waals surface area (Å²) < 4.78 is 10.5. The van der Waals surface area contributed by atoms with Crippen molar-refractivity contribution < 1.29 is 19.1 Å². The number of esters is 2. The second-order valence-electron chi connectivity index (χ2n) is 7.73. The van der Waals surface area contributed by atoms with Crippen molar-refractivity contribution in [2.75, 3.05) is 6.61 Å². The minimum atomic E-state index is -0.361. The fraction of sp³-hybridized carbons (Fsp3) is 0.913. The van der Waals surface area contributed by atoms with Gasteiger partial charge in [-0.2, -0.15) is 0 Å². The van der Waals surface area contributed by atoms with Gasteiger partial charge in [-0.25, -0.2) is 0 Å². The SMILES string of the molecule is CCCCCCCCCC(=O)OC[C@H](C)OC(=O)CCCCCCCCC. The van der Waals surface area contributed by atoms with E-state index in [-0.39, 0.29) is 24.6 Å². The molecule has 0 amide bonds. The van der Waals surface area contributed by atoms with E-state index >= 15 is 0 Å². The van der Waals surface area contributed by atoms with Gasteiger partial charge in [0.1, 0.15) is 12.7 Å². The molecule has 0 heterocycles. The molecule has 27 heavy (non-hydrogen) atoms. The molecule has 0 saturated heterocycles. The van der Waals surface area contributed by atoms with Gasteiger partial charge in [0.2, 0.25) is 0 Å². The summed E-state index contributed by atoms with van der Waals surface area (Å²) in [5.41, 5.74) is 0. The maximum absolute atomic E-state index is 11.8. The lowest BCUT2D eigenvalue weighted by atomic mass is 10.1. The van der Waals surface area contributed by atoms with Gasteiger partial charge in [0.15, 0.2) is 0 Å². The summed E-state index contributed by atoms with van der Waals surface area (Å²) >= 11 is 0. The van der Waals surface area contributed by atoms with E-state index in [2.05, 4.69) is 13.8 Å². The van der Waals surface area contributed by atoms with E-state index in [0.717, 1.165) is 25.7 Å². The molecule has 0 saturated carbocycles. The Morgan fingerprint density at radius 3 is 1.52 bits per heavy atom. The zero-order valence-electron chi connectivity index (χ0n) is 18.2. The molecule has 0 aromatic rings. The summed E-state index contributed by atoms with van der Waals surface area (Å²) in [5.74, 6) is -0.363. The zero-order chi connectivity index (χ0) is 20.2. The van der Waals surface area contributed by atoms with Crippen molar-refractivity contribution in [1.29, 1.82) is 0 Å². The van der Waals surface area contributed by atoms with Crippen LogP contribution in [0.1, 0.15) is 124 Å². The van der Waals surface area contributed by atoms with E-state index < -0.39 is 0 Å². The van der Waals surface area contributed by atoms with Crippen LogP contribution in [0, 0.1) is 0 Å². The number of hydrogen-bond acceptors (Lipinski definition) is 4. The molecule has 0 rings (SSSR count). The summed E-state index contributed by atoms with van der Waals surface area (Å²) in [4.78, 5) is 23.5. The van der Waals surface area contributed by atoms with E-state index in [9.17, 15) is 9.59 Å². The normalized spacial score (nSPS) is 12.0. The van der Waals surface area contributed by atoms with Crippen molar-refractivity contribution in [2.24, 2.45) is 0 Å². The molecule has 0 aliphatic rings. The highest BCUT2D eigenvalue weighted by molar-refractivity contribution is 5.70. The minimum Gasteiger partial charge on any atom is -0.462 e. The second-order valence-corrected chi connectivity index (χ2v) is 7.73. The molecule has 0 fully saturated rings. The molecule has 4 heteroatoms. The van der Waals surface area contributed by atoms with Gasteiger partial charge >= 0.3 is 11.9 Å². The first-order chi connectivity index (χ1) is 13.1. The number of hydrogen-bond donors (Lipinski definition) is 0. The van der Waals surface area contributed by atoms with Gasteiger partial charge in [-0.15, -0.1) is 0 Å². The maximum atomic E-state index is 11.8. The van der Waals surface area contributed by atoms with Crippen LogP contribution in [-0.2, 0) is 19.1 Å². The summed E-state index contributed by atoms with van der Waals surface area (Å²) in [6.07, 6.45) is 17.1. The Bertz CT molecular complexity index is 354. The van der Waals surface area contributed by atoms with Crippen molar-refractivity contribution in [1.82, 2.24) is 0 Å². The second kappa shape index (κ2) is 19.7. The lowest BCUT2D eigenvalue weighted by Gasteiger charge is -2.13. The van der Waals surface area contributed by atoms with Crippen molar-refractivity contribution in [2.45, 2.75) is 130 Å². The molecule has 0 aliphatic carbocycles. The Kier molecular flexibility index (Phi) is 18.9. The lowest BCUT2D eigenvalue weighted by molar-refractivity contribution is -0.158. The predicted molar refractivity (Wildman–Crippen MR) is 112 cm³/mol. The molecular formula is C23H44O4. The van der Waals surface area contributed by atoms with E-state index in [1.54, 1.807) is 6.92 Å². The lowest BCUT2D eigenvalue weighted by Crippen LogP contribution is -2.22. The highest BCUT2D eigenvalue weighted by Gasteiger charge is 2.12. The Morgan fingerprint density at radius 1 is 0.630 bits per heavy atom. The van der Waals surface area contributed by atoms with Crippen LogP contribution in [-0.4, -0.2) is 24.6 Å². The number of carbonyl (C=O) groups is 2. The van der Waals surface area contributed by atoms with E-state index in [1.165, 1.54) is 64.2 Å². The van der Waals surface area contributed by atoms with Gasteiger partial charge in [-0.05, 0) is 19.8 Å². The minimum absolute atomic E-state index is 0.165. The Balaban J connectivity index is 3.50. The smallest absolute Gasteiger partial charge is 0.306 e. The summed E-state index contributed by atoms with van der Waals surface area (Å²) in [5, 5.41) is 0. The molecule has 0 aromatic carbocycles. The van der Waals surface area contributed by atoms with Gasteiger partial charge in [-0.3, -0.25) is 9.59 Å². The maximum Gasteiger partial charge on any atom is 0.306 e. The molecule has 160 valence electrons. The first-order valence-corrected chi connectivity index (χ1v) is 11.4. The molecule has 0 unspecified atom stereocenters. The number of carbonyl (C=O) groups excluding carboxylic acids is 2. The molecule has 0 spiro atoms. The van der Waals surface area contributed by atoms with Crippen LogP contribution >= 0.6 is 0 Å². The number of ether oxygens (including phenoxy) is 2. The molecule has 1 atom stereocenters. The third-order valence-electron chi connectivity index (χ3n) is 4.78. The third-order valence-corrected chi connectivity index (χ3v) is 4.78. The van der Waals surface area contributed by atoms with Gasteiger partial charge in [0.05, 0.1) is 0 Å². The summed E-state index contributed by atoms with van der Waals surface area (Å²) in [7, 11) is 0. The molecule has 4 nitrogen and oxygen atoms in total. The van der Waals surface area contributed by atoms with Crippen LogP contribution in [0.25, 0.3) is 0 Å². The molecule has 0 aliphatic heterocycles. The van der Waals surface area contributed by atoms with Crippen molar-refractivity contribution in [3.05, 3.63) is 0 Å². The van der Waals surface area contributed by atoms with Crippen LogP contribution in [0.3, 0.4) is 0 Å². The van der Waals surface area contributed by atoms with Gasteiger partial charge in [0, 0.05) is 12.8 Å². The molecule has 0 bridgehead atoms. The third kappa shape index (κ3) is 19.5. The van der Waals surface area contributed by atoms with Crippen LogP contribution in [0.4, 0.5) is 0 Å². The zero-order valence-corrected chi connectivity index (χ0v) is 18.2. The van der Waals surface area contributed by atoms with Crippen LogP contribution < -0.4 is 0 Å². The van der Waals surface area contributed by atoms with E-state index in [0.29, 0.717) is 12.8 Å². The van der Waals surface area contributed by atoms with Crippen molar-refractivity contribution in [3.8, 4) is 0 Å². The average Bonchev–Trinajstić information content (AvgIpc) is 2.65. The predicted octanol–water partition coefficient (Wildman–Crippen LogP) is 6.74. The van der Waals surface area contributed by atoms with Crippen LogP contribution in [0.15, 0.2) is 0 Å². The standard InChI is InChI=1S/C23H44O4/c1-4-6-8-10-12-14-16-18-22(24)26-20-21(3)27-23(25)19-17-15-13-11-9-7-5-2/h21H,4-20H2,1-3H3/t21-/m0/s1. The molecule has 0 aromatic heterocycles. The fourth-order valence-electron chi connectivity index (χ4n) is 3.05. The average molecular weight is 385 g/mol. The fourth-order valence-corrected chi connectivity index (χ4v) is 3.05. The highest BCUT2D eigenvalue weighted by Crippen LogP contribution is 2.10. The quantitative estimate of drug-likeness (QED) is 0.183. The van der Waals surface area contributed by atoms with Crippen molar-refractivity contribution in [3.63, 3.8) is 0 Å². The van der Waals surface area contributed by atoms with Crippen LogP contribution in [0.5, 0.6) is 0 Å². The molecule has 0 N–H and O–H groups in total. The van der Waals surface area contributed by atoms with E-state index in [1.807, 2.05) is 0 Å². The summed E-state index contributed by atoms with van der Waals surface area (Å²) in [6, 6.07) is 0. The largest absolute Gasteiger partial charge is 0.462 e. The first kappa shape index (κ1) is 25.9. The molecular weight excluding hydrogens is 340 g/mol. The van der Waals surface area contributed by atoms with Crippen molar-refractivity contribution >= 4 is 11.9 Å². The van der Waals surface area contributed by atoms with Gasteiger partial charge in [-0.1, -0.05) is 90.9 Å². The van der Waals surface area contributed by atoms with E-state index in [4.69, 9.17) is 9.47 Å². The Labute approximate surface area is 167 Å². The highest BCUT2D eigenvalue weighted by atomic mass is 16.6. The Hall–Kier alpha value is -1.06. The van der Waals surface area contributed by atoms with Gasteiger partial charge < -0.3 is 9.47 Å². The number of rotatable bonds is 19. The summed E-state index contributed by atoms with van der Waals surface area (Å²) in [6.45, 7) is 6.37. The topological polar surface area (TPSA) is 52.6 Å². The number of unbranched alkanes of at least 4 members (excludes halogenated alkanes) is 12. The monoisotopic (exact) mass is 384 g/mol. The first-order valence-electron chi connectivity index (χ1n) is 11.4. The molecule has 0 radical (unpaired) electrons. The Morgan fingerprint density at radius 2 is 1.04 bits per heavy atom. The van der Waals surface area contributed by atoms with Crippen LogP contribution in [0.2, 0.25) is 0 Å². The van der Waals surface area contributed by atoms with Gasteiger partial charge in [0.25, 0.3) is 0 Å².